The predicted octanol–water partition coefficient (Wildman–Crippen LogP) is 2.00. The molecule has 0 radical (unpaired) electrons. The third kappa shape index (κ3) is 7.46. The van der Waals surface area contributed by atoms with Gasteiger partial charge in [-0.05, 0) is 49.2 Å². The molecule has 3 amide bonds. The molecular formula is C21H24ClN3O4. The summed E-state index contributed by atoms with van der Waals surface area (Å²) in [5.74, 6) is -0.394. The molecule has 0 saturated carbocycles. The number of hydrogen-bond donors (Lipinski definition) is 3. The molecule has 29 heavy (non-hydrogen) atoms. The summed E-state index contributed by atoms with van der Waals surface area (Å²) >= 11 is 6.10. The highest BCUT2D eigenvalue weighted by atomic mass is 35.5. The van der Waals surface area contributed by atoms with E-state index in [9.17, 15) is 14.4 Å². The van der Waals surface area contributed by atoms with Gasteiger partial charge in [-0.3, -0.25) is 14.4 Å². The Bertz CT molecular complexity index is 848. The first kappa shape index (κ1) is 22.2. The second-order valence-corrected chi connectivity index (χ2v) is 6.79. The number of nitrogens with one attached hydrogen (secondary N) is 3. The first-order valence-corrected chi connectivity index (χ1v) is 9.51. The largest absolute Gasteiger partial charge is 0.484 e. The second-order valence-electron chi connectivity index (χ2n) is 6.41. The summed E-state index contributed by atoms with van der Waals surface area (Å²) in [6, 6.07) is 12.2. The Balaban J connectivity index is 1.60. The van der Waals surface area contributed by atoms with Crippen LogP contribution in [0.15, 0.2) is 42.5 Å². The van der Waals surface area contributed by atoms with Gasteiger partial charge in [-0.2, -0.15) is 0 Å². The molecule has 0 bridgehead atoms. The van der Waals surface area contributed by atoms with E-state index in [4.69, 9.17) is 16.3 Å². The summed E-state index contributed by atoms with van der Waals surface area (Å²) in [5, 5.41) is 8.47. The van der Waals surface area contributed by atoms with Gasteiger partial charge in [-0.25, -0.2) is 0 Å². The van der Waals surface area contributed by atoms with E-state index in [2.05, 4.69) is 16.0 Å². The minimum atomic E-state index is -0.341. The summed E-state index contributed by atoms with van der Waals surface area (Å²) in [6.45, 7) is 3.95. The van der Waals surface area contributed by atoms with Gasteiger partial charge in [0.2, 0.25) is 5.91 Å². The van der Waals surface area contributed by atoms with E-state index in [0.717, 1.165) is 11.1 Å². The SMILES string of the molecule is Cc1cc(OCC(=O)NCCNC(=O)CNC(=O)c2ccccc2)cc(C)c1Cl. The van der Waals surface area contributed by atoms with Crippen molar-refractivity contribution < 1.29 is 19.1 Å². The highest BCUT2D eigenvalue weighted by Gasteiger charge is 2.08. The number of aryl methyl sites for hydroxylation is 2. The number of ether oxygens (including phenoxy) is 1. The molecule has 2 aromatic rings. The summed E-state index contributed by atoms with van der Waals surface area (Å²) in [5.41, 5.74) is 2.24. The number of carbonyl (C=O) groups is 3. The van der Waals surface area contributed by atoms with Crippen LogP contribution in [0.1, 0.15) is 21.5 Å². The van der Waals surface area contributed by atoms with Gasteiger partial charge in [-0.15, -0.1) is 0 Å². The second kappa shape index (κ2) is 11.1. The lowest BCUT2D eigenvalue weighted by Crippen LogP contribution is -2.41. The van der Waals surface area contributed by atoms with Gasteiger partial charge < -0.3 is 20.7 Å². The molecule has 3 N–H and O–H groups in total. The lowest BCUT2D eigenvalue weighted by molar-refractivity contribution is -0.123. The fourth-order valence-corrected chi connectivity index (χ4v) is 2.62. The zero-order valence-electron chi connectivity index (χ0n) is 16.4. The molecule has 0 fully saturated rings. The fourth-order valence-electron chi connectivity index (χ4n) is 2.51. The third-order valence-electron chi connectivity index (χ3n) is 3.99. The number of hydrogen-bond acceptors (Lipinski definition) is 4. The van der Waals surface area contributed by atoms with Crippen LogP contribution in [0.5, 0.6) is 5.75 Å². The van der Waals surface area contributed by atoms with Crippen molar-refractivity contribution in [1.29, 1.82) is 0 Å². The standard InChI is InChI=1S/C21H24ClN3O4/c1-14-10-17(11-15(2)20(14)22)29-13-19(27)24-9-8-23-18(26)12-25-21(28)16-6-4-3-5-7-16/h3-7,10-11H,8-9,12-13H2,1-2H3,(H,23,26)(H,24,27)(H,25,28). The number of carbonyl (C=O) groups excluding carboxylic acids is 3. The summed E-state index contributed by atoms with van der Waals surface area (Å²) < 4.78 is 5.46. The van der Waals surface area contributed by atoms with Crippen LogP contribution in [-0.4, -0.2) is 44.0 Å². The maximum absolute atomic E-state index is 11.8. The topological polar surface area (TPSA) is 96.5 Å². The van der Waals surface area contributed by atoms with Gasteiger partial charge in [0, 0.05) is 23.7 Å². The minimum absolute atomic E-state index is 0.137. The van der Waals surface area contributed by atoms with E-state index in [1.807, 2.05) is 13.8 Å². The van der Waals surface area contributed by atoms with Crippen LogP contribution >= 0.6 is 11.6 Å². The quantitative estimate of drug-likeness (QED) is 0.544. The Kier molecular flexibility index (Phi) is 8.48. The third-order valence-corrected chi connectivity index (χ3v) is 4.59. The van der Waals surface area contributed by atoms with Crippen LogP contribution in [0, 0.1) is 13.8 Å². The normalized spacial score (nSPS) is 10.2. The molecule has 0 spiro atoms. The van der Waals surface area contributed by atoms with Gasteiger partial charge in [0.25, 0.3) is 11.8 Å². The monoisotopic (exact) mass is 417 g/mol. The Morgan fingerprint density at radius 3 is 2.10 bits per heavy atom. The van der Waals surface area contributed by atoms with E-state index >= 15 is 0 Å². The highest BCUT2D eigenvalue weighted by Crippen LogP contribution is 2.25. The number of benzene rings is 2. The lowest BCUT2D eigenvalue weighted by Gasteiger charge is -2.11. The lowest BCUT2D eigenvalue weighted by atomic mass is 10.1. The van der Waals surface area contributed by atoms with Crippen molar-refractivity contribution in [1.82, 2.24) is 16.0 Å². The van der Waals surface area contributed by atoms with E-state index in [1.54, 1.807) is 42.5 Å². The van der Waals surface area contributed by atoms with Crippen molar-refractivity contribution in [3.05, 3.63) is 64.2 Å². The Hall–Kier alpha value is -3.06. The summed E-state index contributed by atoms with van der Waals surface area (Å²) in [6.07, 6.45) is 0. The molecule has 0 unspecified atom stereocenters. The van der Waals surface area contributed by atoms with Gasteiger partial charge >= 0.3 is 0 Å². The van der Waals surface area contributed by atoms with Crippen LogP contribution in [0.4, 0.5) is 0 Å². The molecule has 0 aliphatic carbocycles. The molecule has 2 aromatic carbocycles. The summed E-state index contributed by atoms with van der Waals surface area (Å²) in [4.78, 5) is 35.4. The Labute approximate surface area is 174 Å². The van der Waals surface area contributed by atoms with Gasteiger partial charge in [0.15, 0.2) is 6.61 Å². The van der Waals surface area contributed by atoms with E-state index in [0.29, 0.717) is 16.3 Å². The molecule has 154 valence electrons. The zero-order valence-corrected chi connectivity index (χ0v) is 17.1. The maximum atomic E-state index is 11.8. The van der Waals surface area contributed by atoms with E-state index in [-0.39, 0.29) is 44.0 Å². The Morgan fingerprint density at radius 1 is 0.897 bits per heavy atom. The number of rotatable bonds is 9. The molecule has 0 heterocycles. The molecule has 7 nitrogen and oxygen atoms in total. The molecule has 0 aliphatic rings. The van der Waals surface area contributed by atoms with Crippen molar-refractivity contribution in [3.8, 4) is 5.75 Å². The average Bonchev–Trinajstić information content (AvgIpc) is 2.72. The molecule has 2 rings (SSSR count). The zero-order chi connectivity index (χ0) is 21.2. The summed E-state index contributed by atoms with van der Waals surface area (Å²) in [7, 11) is 0. The molecular weight excluding hydrogens is 394 g/mol. The van der Waals surface area contributed by atoms with Crippen LogP contribution in [0.2, 0.25) is 5.02 Å². The smallest absolute Gasteiger partial charge is 0.258 e. The van der Waals surface area contributed by atoms with Crippen molar-refractivity contribution >= 4 is 29.3 Å². The van der Waals surface area contributed by atoms with Gasteiger partial charge in [0.05, 0.1) is 6.54 Å². The van der Waals surface area contributed by atoms with Crippen molar-refractivity contribution in [2.45, 2.75) is 13.8 Å². The molecule has 8 heteroatoms. The minimum Gasteiger partial charge on any atom is -0.484 e. The average molecular weight is 418 g/mol. The molecule has 0 atom stereocenters. The van der Waals surface area contributed by atoms with Crippen LogP contribution in [0.25, 0.3) is 0 Å². The van der Waals surface area contributed by atoms with Crippen molar-refractivity contribution in [2.24, 2.45) is 0 Å². The van der Waals surface area contributed by atoms with Crippen LogP contribution in [0.3, 0.4) is 0 Å². The van der Waals surface area contributed by atoms with E-state index in [1.165, 1.54) is 0 Å². The number of halogens is 1. The predicted molar refractivity (Wildman–Crippen MR) is 111 cm³/mol. The highest BCUT2D eigenvalue weighted by molar-refractivity contribution is 6.32. The molecule has 0 saturated heterocycles. The van der Waals surface area contributed by atoms with Crippen molar-refractivity contribution in [3.63, 3.8) is 0 Å². The van der Waals surface area contributed by atoms with E-state index < -0.39 is 0 Å². The van der Waals surface area contributed by atoms with Gasteiger partial charge in [0.1, 0.15) is 5.75 Å². The fraction of sp³-hybridized carbons (Fsp3) is 0.286. The number of amides is 3. The first-order valence-electron chi connectivity index (χ1n) is 9.13. The van der Waals surface area contributed by atoms with Crippen LogP contribution < -0.4 is 20.7 Å². The Morgan fingerprint density at radius 2 is 1.48 bits per heavy atom. The van der Waals surface area contributed by atoms with Crippen molar-refractivity contribution in [2.75, 3.05) is 26.2 Å². The van der Waals surface area contributed by atoms with Crippen LogP contribution in [-0.2, 0) is 9.59 Å². The first-order chi connectivity index (χ1) is 13.9. The molecule has 0 aromatic heterocycles. The molecule has 0 aliphatic heterocycles. The maximum Gasteiger partial charge on any atom is 0.258 e. The van der Waals surface area contributed by atoms with Gasteiger partial charge in [-0.1, -0.05) is 29.8 Å².